The van der Waals surface area contributed by atoms with Crippen molar-refractivity contribution in [1.82, 2.24) is 10.2 Å². The van der Waals surface area contributed by atoms with E-state index in [2.05, 4.69) is 27.9 Å². The Morgan fingerprint density at radius 1 is 1.21 bits per heavy atom. The molecule has 2 aromatic carbocycles. The van der Waals surface area contributed by atoms with Gasteiger partial charge in [-0.1, -0.05) is 6.07 Å². The van der Waals surface area contributed by atoms with Gasteiger partial charge in [0.1, 0.15) is 18.1 Å². The average Bonchev–Trinajstić information content (AvgIpc) is 2.94. The molecule has 0 aromatic heterocycles. The van der Waals surface area contributed by atoms with Gasteiger partial charge in [0.25, 0.3) is 11.6 Å². The Kier molecular flexibility index (Phi) is 5.93. The summed E-state index contributed by atoms with van der Waals surface area (Å²) in [4.78, 5) is 35.2. The number of halogens is 1. The Hall–Kier alpha value is -2.95. The summed E-state index contributed by atoms with van der Waals surface area (Å²) in [5.74, 6) is 0.305. The molecule has 3 rings (SSSR count). The highest BCUT2D eigenvalue weighted by atomic mass is 127. The quantitative estimate of drug-likeness (QED) is 0.218. The molecule has 1 aliphatic rings. The fourth-order valence-corrected chi connectivity index (χ4v) is 3.32. The number of benzene rings is 2. The number of imide groups is 1. The van der Waals surface area contributed by atoms with E-state index in [1.165, 1.54) is 12.1 Å². The van der Waals surface area contributed by atoms with Crippen LogP contribution in [-0.4, -0.2) is 28.3 Å². The van der Waals surface area contributed by atoms with Crippen LogP contribution in [0.1, 0.15) is 18.1 Å². The largest absolute Gasteiger partial charge is 0.488 e. The lowest BCUT2D eigenvalue weighted by atomic mass is 10.2. The highest BCUT2D eigenvalue weighted by Gasteiger charge is 2.31. The van der Waals surface area contributed by atoms with Gasteiger partial charge in [0.05, 0.1) is 8.49 Å². The van der Waals surface area contributed by atoms with Gasteiger partial charge in [-0.05, 0) is 71.0 Å². The summed E-state index contributed by atoms with van der Waals surface area (Å²) < 4.78 is 6.61. The summed E-state index contributed by atoms with van der Waals surface area (Å²) in [5.41, 5.74) is 1.84. The van der Waals surface area contributed by atoms with Crippen LogP contribution >= 0.6 is 22.6 Å². The topological polar surface area (TPSA) is 102 Å². The van der Waals surface area contributed by atoms with Crippen LogP contribution in [0.4, 0.5) is 10.5 Å². The fraction of sp³-hybridized carbons (Fsp3) is 0.158. The number of nitrogens with one attached hydrogen (secondary N) is 1. The van der Waals surface area contributed by atoms with Crippen molar-refractivity contribution in [1.29, 1.82) is 0 Å². The van der Waals surface area contributed by atoms with Gasteiger partial charge in [0, 0.05) is 18.7 Å². The van der Waals surface area contributed by atoms with Crippen molar-refractivity contribution in [2.24, 2.45) is 0 Å². The molecule has 28 heavy (non-hydrogen) atoms. The standard InChI is InChI=1S/C19H16IN3O5/c1-2-22-18(24)16(21-19(22)25)10-13-5-8-17(15(20)9-13)28-11-12-3-6-14(7-4-12)23(26)27/h3-10H,2,11H2,1H3,(H,21,25)/b16-10+. The first kappa shape index (κ1) is 19.8. The molecule has 0 spiro atoms. The van der Waals surface area contributed by atoms with Crippen LogP contribution in [0.5, 0.6) is 5.75 Å². The zero-order chi connectivity index (χ0) is 20.3. The third-order valence-corrected chi connectivity index (χ3v) is 4.93. The van der Waals surface area contributed by atoms with Crippen molar-refractivity contribution in [2.45, 2.75) is 13.5 Å². The molecule has 2 aromatic rings. The minimum absolute atomic E-state index is 0.0333. The molecule has 9 heteroatoms. The van der Waals surface area contributed by atoms with Crippen LogP contribution in [0.2, 0.25) is 0 Å². The normalized spacial score (nSPS) is 15.1. The molecule has 0 unspecified atom stereocenters. The molecule has 8 nitrogen and oxygen atoms in total. The molecule has 1 N–H and O–H groups in total. The number of rotatable bonds is 6. The smallest absolute Gasteiger partial charge is 0.328 e. The fourth-order valence-electron chi connectivity index (χ4n) is 2.62. The maximum absolute atomic E-state index is 12.1. The highest BCUT2D eigenvalue weighted by molar-refractivity contribution is 14.1. The average molecular weight is 493 g/mol. The Morgan fingerprint density at radius 3 is 2.50 bits per heavy atom. The lowest BCUT2D eigenvalue weighted by Gasteiger charge is -2.09. The molecule has 1 fully saturated rings. The van der Waals surface area contributed by atoms with E-state index in [1.54, 1.807) is 37.3 Å². The van der Waals surface area contributed by atoms with Gasteiger partial charge in [-0.3, -0.25) is 19.8 Å². The Bertz CT molecular complexity index is 972. The van der Waals surface area contributed by atoms with Crippen LogP contribution < -0.4 is 10.1 Å². The number of carbonyl (C=O) groups excluding carboxylic acids is 2. The molecular weight excluding hydrogens is 477 g/mol. The second-order valence-electron chi connectivity index (χ2n) is 5.94. The molecule has 0 bridgehead atoms. The molecule has 1 saturated heterocycles. The molecule has 3 amide bonds. The molecule has 0 atom stereocenters. The number of ether oxygens (including phenoxy) is 1. The van der Waals surface area contributed by atoms with E-state index in [0.29, 0.717) is 12.3 Å². The molecule has 0 saturated carbocycles. The molecular formula is C19H16IN3O5. The Morgan fingerprint density at radius 2 is 1.93 bits per heavy atom. The first-order valence-electron chi connectivity index (χ1n) is 8.39. The summed E-state index contributed by atoms with van der Waals surface area (Å²) in [7, 11) is 0. The third-order valence-electron chi connectivity index (χ3n) is 4.09. The van der Waals surface area contributed by atoms with Gasteiger partial charge in [0.2, 0.25) is 0 Å². The van der Waals surface area contributed by atoms with Gasteiger partial charge in [-0.15, -0.1) is 0 Å². The van der Waals surface area contributed by atoms with E-state index in [4.69, 9.17) is 4.74 Å². The Balaban J connectivity index is 1.69. The van der Waals surface area contributed by atoms with Crippen molar-refractivity contribution in [2.75, 3.05) is 6.54 Å². The van der Waals surface area contributed by atoms with Crippen LogP contribution in [0.25, 0.3) is 6.08 Å². The molecule has 1 heterocycles. The molecule has 144 valence electrons. The van der Waals surface area contributed by atoms with Crippen molar-refractivity contribution < 1.29 is 19.2 Å². The molecule has 0 radical (unpaired) electrons. The number of hydrogen-bond donors (Lipinski definition) is 1. The summed E-state index contributed by atoms with van der Waals surface area (Å²) >= 11 is 2.12. The number of carbonyl (C=O) groups is 2. The maximum Gasteiger partial charge on any atom is 0.328 e. The second kappa shape index (κ2) is 8.38. The molecule has 1 aliphatic heterocycles. The van der Waals surface area contributed by atoms with Crippen LogP contribution in [0, 0.1) is 13.7 Å². The number of amides is 3. The summed E-state index contributed by atoms with van der Waals surface area (Å²) in [6.07, 6.45) is 1.62. The number of nitrogens with zero attached hydrogens (tertiary/aromatic N) is 2. The van der Waals surface area contributed by atoms with E-state index in [0.717, 1.165) is 19.6 Å². The predicted molar refractivity (Wildman–Crippen MR) is 110 cm³/mol. The van der Waals surface area contributed by atoms with E-state index < -0.39 is 11.0 Å². The summed E-state index contributed by atoms with van der Waals surface area (Å²) in [6.45, 7) is 2.32. The lowest BCUT2D eigenvalue weighted by Crippen LogP contribution is -2.30. The van der Waals surface area contributed by atoms with Crippen LogP contribution in [0.3, 0.4) is 0 Å². The van der Waals surface area contributed by atoms with Crippen LogP contribution in [-0.2, 0) is 11.4 Å². The van der Waals surface area contributed by atoms with E-state index in [9.17, 15) is 19.7 Å². The van der Waals surface area contributed by atoms with Gasteiger partial charge in [-0.25, -0.2) is 4.79 Å². The number of nitro groups is 1. The third kappa shape index (κ3) is 4.30. The van der Waals surface area contributed by atoms with Crippen LogP contribution in [0.15, 0.2) is 48.2 Å². The van der Waals surface area contributed by atoms with Gasteiger partial charge < -0.3 is 10.1 Å². The first-order chi connectivity index (χ1) is 13.4. The maximum atomic E-state index is 12.1. The van der Waals surface area contributed by atoms with Gasteiger partial charge in [-0.2, -0.15) is 0 Å². The van der Waals surface area contributed by atoms with E-state index in [-0.39, 0.29) is 23.9 Å². The SMILES string of the molecule is CCN1C(=O)N/C(=C/c2ccc(OCc3ccc([N+](=O)[O-])cc3)c(I)c2)C1=O. The number of likely N-dealkylation sites (N-methyl/N-ethyl adjacent to an activating group) is 1. The zero-order valence-corrected chi connectivity index (χ0v) is 17.0. The number of hydrogen-bond acceptors (Lipinski definition) is 5. The molecule has 0 aliphatic carbocycles. The minimum Gasteiger partial charge on any atom is -0.488 e. The summed E-state index contributed by atoms with van der Waals surface area (Å²) in [6, 6.07) is 11.2. The van der Waals surface area contributed by atoms with Crippen molar-refractivity contribution >= 4 is 46.3 Å². The zero-order valence-electron chi connectivity index (χ0n) is 14.8. The van der Waals surface area contributed by atoms with Crippen molar-refractivity contribution in [3.8, 4) is 5.75 Å². The predicted octanol–water partition coefficient (Wildman–Crippen LogP) is 3.69. The van der Waals surface area contributed by atoms with Crippen molar-refractivity contribution in [3.63, 3.8) is 0 Å². The monoisotopic (exact) mass is 493 g/mol. The Labute approximate surface area is 174 Å². The van der Waals surface area contributed by atoms with E-state index in [1.807, 2.05) is 6.07 Å². The highest BCUT2D eigenvalue weighted by Crippen LogP contribution is 2.25. The first-order valence-corrected chi connectivity index (χ1v) is 9.47. The number of urea groups is 1. The lowest BCUT2D eigenvalue weighted by molar-refractivity contribution is -0.384. The number of non-ortho nitro benzene ring substituents is 1. The number of nitro benzene ring substituents is 1. The van der Waals surface area contributed by atoms with Crippen molar-refractivity contribution in [3.05, 3.63) is 73.0 Å². The second-order valence-corrected chi connectivity index (χ2v) is 7.10. The minimum atomic E-state index is -0.446. The van der Waals surface area contributed by atoms with E-state index >= 15 is 0 Å². The van der Waals surface area contributed by atoms with Gasteiger partial charge >= 0.3 is 6.03 Å². The summed E-state index contributed by atoms with van der Waals surface area (Å²) in [5, 5.41) is 13.3. The van der Waals surface area contributed by atoms with Gasteiger partial charge in [0.15, 0.2) is 0 Å².